The second-order valence-corrected chi connectivity index (χ2v) is 9.16. The summed E-state index contributed by atoms with van der Waals surface area (Å²) in [4.78, 5) is 12.7. The minimum Gasteiger partial charge on any atom is -0.497 e. The highest BCUT2D eigenvalue weighted by atomic mass is 32.2. The van der Waals surface area contributed by atoms with Crippen LogP contribution in [0.3, 0.4) is 0 Å². The first-order chi connectivity index (χ1) is 14.8. The van der Waals surface area contributed by atoms with Gasteiger partial charge < -0.3 is 19.5 Å². The molecule has 0 aromatic heterocycles. The summed E-state index contributed by atoms with van der Waals surface area (Å²) in [6, 6.07) is 11.7. The van der Waals surface area contributed by atoms with Gasteiger partial charge in [-0.05, 0) is 49.6 Å². The van der Waals surface area contributed by atoms with Crippen LogP contribution in [0.15, 0.2) is 42.5 Å². The van der Waals surface area contributed by atoms with Gasteiger partial charge in [-0.2, -0.15) is 0 Å². The smallest absolute Gasteiger partial charge is 0.243 e. The number of amides is 1. The number of carbonyl (C=O) groups excluding carboxylic acids is 1. The highest BCUT2D eigenvalue weighted by Gasteiger charge is 2.30. The number of hydrogen-bond acceptors (Lipinski definition) is 6. The number of aryl methyl sites for hydroxylation is 1. The maximum Gasteiger partial charge on any atom is 0.243 e. The van der Waals surface area contributed by atoms with E-state index in [9.17, 15) is 13.2 Å². The van der Waals surface area contributed by atoms with Crippen molar-refractivity contribution in [2.75, 3.05) is 37.4 Å². The number of carbonyl (C=O) groups is 1. The first kappa shape index (κ1) is 22.7. The Hall–Kier alpha value is -2.94. The maximum atomic E-state index is 12.7. The third kappa shape index (κ3) is 5.81. The van der Waals surface area contributed by atoms with Gasteiger partial charge in [0, 0.05) is 12.6 Å². The third-order valence-corrected chi connectivity index (χ3v) is 6.21. The minimum atomic E-state index is -3.70. The molecule has 168 valence electrons. The Morgan fingerprint density at radius 3 is 2.45 bits per heavy atom. The maximum absolute atomic E-state index is 12.7. The van der Waals surface area contributed by atoms with E-state index < -0.39 is 16.1 Å². The quantitative estimate of drug-likeness (QED) is 0.592. The zero-order valence-corrected chi connectivity index (χ0v) is 18.8. The average Bonchev–Trinajstić information content (AvgIpc) is 2.76. The number of hydrogen-bond donors (Lipinski definition) is 1. The van der Waals surface area contributed by atoms with Crippen molar-refractivity contribution < 1.29 is 27.4 Å². The molecular formula is C22H28N2O6S. The number of anilines is 1. The Balaban J connectivity index is 1.61. The molecule has 2 aromatic rings. The predicted octanol–water partition coefficient (Wildman–Crippen LogP) is 2.37. The van der Waals surface area contributed by atoms with E-state index in [1.54, 1.807) is 32.2 Å². The molecule has 1 N–H and O–H groups in total. The van der Waals surface area contributed by atoms with Crippen LogP contribution >= 0.6 is 0 Å². The van der Waals surface area contributed by atoms with Crippen LogP contribution in [0.25, 0.3) is 0 Å². The second-order valence-electron chi connectivity index (χ2n) is 7.31. The topological polar surface area (TPSA) is 94.2 Å². The second kappa shape index (κ2) is 9.91. The number of sulfonamides is 1. The molecule has 0 bridgehead atoms. The molecule has 9 heteroatoms. The van der Waals surface area contributed by atoms with Crippen LogP contribution in [0.2, 0.25) is 0 Å². The molecule has 0 saturated heterocycles. The van der Waals surface area contributed by atoms with Crippen molar-refractivity contribution in [1.82, 2.24) is 5.32 Å². The van der Waals surface area contributed by atoms with Crippen molar-refractivity contribution >= 4 is 21.6 Å². The normalized spacial score (nSPS) is 13.9. The molecule has 1 heterocycles. The lowest BCUT2D eigenvalue weighted by Crippen LogP contribution is -2.48. The van der Waals surface area contributed by atoms with E-state index in [0.29, 0.717) is 36.9 Å². The summed E-state index contributed by atoms with van der Waals surface area (Å²) in [5.41, 5.74) is 1.49. The molecule has 1 amide bonds. The summed E-state index contributed by atoms with van der Waals surface area (Å²) >= 11 is 0. The van der Waals surface area contributed by atoms with Crippen LogP contribution in [0.5, 0.6) is 17.2 Å². The number of rotatable bonds is 9. The fourth-order valence-corrected chi connectivity index (χ4v) is 4.59. The monoisotopic (exact) mass is 448 g/mol. The van der Waals surface area contributed by atoms with Crippen LogP contribution in [0.4, 0.5) is 5.69 Å². The zero-order valence-electron chi connectivity index (χ0n) is 18.0. The molecule has 1 unspecified atom stereocenters. The van der Waals surface area contributed by atoms with E-state index in [-0.39, 0.29) is 5.91 Å². The van der Waals surface area contributed by atoms with Crippen molar-refractivity contribution in [1.29, 1.82) is 0 Å². The fourth-order valence-electron chi connectivity index (χ4n) is 3.42. The molecular weight excluding hydrogens is 420 g/mol. The van der Waals surface area contributed by atoms with Gasteiger partial charge in [-0.1, -0.05) is 12.1 Å². The molecule has 2 aromatic carbocycles. The summed E-state index contributed by atoms with van der Waals surface area (Å²) < 4.78 is 42.2. The van der Waals surface area contributed by atoms with Crippen molar-refractivity contribution in [3.05, 3.63) is 48.0 Å². The standard InChI is InChI=1S/C22H28N2O6S/c1-16(22(25)23-12-4-5-17-6-9-19(28-2)10-7-17)24(31(3,26)27)18-8-11-20-21(15-18)30-14-13-29-20/h6-11,15-16H,4-5,12-14H2,1-3H3,(H,23,25). The molecule has 8 nitrogen and oxygen atoms in total. The van der Waals surface area contributed by atoms with Gasteiger partial charge in [0.05, 0.1) is 19.1 Å². The Bertz CT molecular complexity index is 1010. The van der Waals surface area contributed by atoms with Gasteiger partial charge in [0.1, 0.15) is 25.0 Å². The van der Waals surface area contributed by atoms with E-state index in [1.165, 1.54) is 0 Å². The van der Waals surface area contributed by atoms with E-state index >= 15 is 0 Å². The number of nitrogens with zero attached hydrogens (tertiary/aromatic N) is 1. The van der Waals surface area contributed by atoms with Crippen LogP contribution in [0, 0.1) is 0 Å². The Labute approximate surface area is 183 Å². The first-order valence-corrected chi connectivity index (χ1v) is 11.9. The number of benzene rings is 2. The summed E-state index contributed by atoms with van der Waals surface area (Å²) in [7, 11) is -2.08. The lowest BCUT2D eigenvalue weighted by molar-refractivity contribution is -0.121. The van der Waals surface area contributed by atoms with Crippen molar-refractivity contribution in [3.8, 4) is 17.2 Å². The Kier molecular flexibility index (Phi) is 7.27. The van der Waals surface area contributed by atoms with Crippen molar-refractivity contribution in [2.45, 2.75) is 25.8 Å². The summed E-state index contributed by atoms with van der Waals surface area (Å²) in [6.45, 7) is 2.83. The molecule has 1 aliphatic heterocycles. The summed E-state index contributed by atoms with van der Waals surface area (Å²) in [6.07, 6.45) is 2.60. The van der Waals surface area contributed by atoms with Crippen LogP contribution in [-0.2, 0) is 21.2 Å². The number of methoxy groups -OCH3 is 1. The molecule has 3 rings (SSSR count). The van der Waals surface area contributed by atoms with Gasteiger partial charge in [-0.3, -0.25) is 9.10 Å². The van der Waals surface area contributed by atoms with Crippen LogP contribution in [-0.4, -0.2) is 53.5 Å². The largest absolute Gasteiger partial charge is 0.497 e. The molecule has 0 spiro atoms. The van der Waals surface area contributed by atoms with Gasteiger partial charge in [0.15, 0.2) is 11.5 Å². The van der Waals surface area contributed by atoms with Crippen molar-refractivity contribution in [3.63, 3.8) is 0 Å². The lowest BCUT2D eigenvalue weighted by atomic mass is 10.1. The predicted molar refractivity (Wildman–Crippen MR) is 119 cm³/mol. The molecule has 0 radical (unpaired) electrons. The average molecular weight is 449 g/mol. The van der Waals surface area contributed by atoms with E-state index in [1.807, 2.05) is 24.3 Å². The lowest BCUT2D eigenvalue weighted by Gasteiger charge is -2.29. The van der Waals surface area contributed by atoms with Gasteiger partial charge in [0.25, 0.3) is 0 Å². The molecule has 31 heavy (non-hydrogen) atoms. The van der Waals surface area contributed by atoms with Gasteiger partial charge in [-0.15, -0.1) is 0 Å². The molecule has 1 atom stereocenters. The third-order valence-electron chi connectivity index (χ3n) is 4.97. The highest BCUT2D eigenvalue weighted by Crippen LogP contribution is 2.35. The zero-order chi connectivity index (χ0) is 22.4. The van der Waals surface area contributed by atoms with Gasteiger partial charge >= 0.3 is 0 Å². The molecule has 0 saturated carbocycles. The van der Waals surface area contributed by atoms with E-state index in [4.69, 9.17) is 14.2 Å². The minimum absolute atomic E-state index is 0.354. The highest BCUT2D eigenvalue weighted by molar-refractivity contribution is 7.92. The number of ether oxygens (including phenoxy) is 3. The summed E-state index contributed by atoms with van der Waals surface area (Å²) in [5.74, 6) is 1.45. The molecule has 0 aliphatic carbocycles. The number of fused-ring (bicyclic) bond motifs is 1. The SMILES string of the molecule is COc1ccc(CCCNC(=O)C(C)N(c2ccc3c(c2)OCCO3)S(C)(=O)=O)cc1. The summed E-state index contributed by atoms with van der Waals surface area (Å²) in [5, 5.41) is 2.83. The molecule has 0 fully saturated rings. The Morgan fingerprint density at radius 2 is 1.81 bits per heavy atom. The van der Waals surface area contributed by atoms with Crippen LogP contribution in [0.1, 0.15) is 18.9 Å². The first-order valence-electron chi connectivity index (χ1n) is 10.1. The van der Waals surface area contributed by atoms with E-state index in [0.717, 1.165) is 34.7 Å². The van der Waals surface area contributed by atoms with Crippen molar-refractivity contribution in [2.24, 2.45) is 0 Å². The van der Waals surface area contributed by atoms with Gasteiger partial charge in [-0.25, -0.2) is 8.42 Å². The van der Waals surface area contributed by atoms with Crippen LogP contribution < -0.4 is 23.8 Å². The van der Waals surface area contributed by atoms with E-state index in [2.05, 4.69) is 5.32 Å². The number of nitrogens with one attached hydrogen (secondary N) is 1. The Morgan fingerprint density at radius 1 is 1.13 bits per heavy atom. The van der Waals surface area contributed by atoms with Gasteiger partial charge in [0.2, 0.25) is 15.9 Å². The fraction of sp³-hybridized carbons (Fsp3) is 0.409. The molecule has 1 aliphatic rings.